The van der Waals surface area contributed by atoms with Gasteiger partial charge in [-0.3, -0.25) is 0 Å². The van der Waals surface area contributed by atoms with Gasteiger partial charge in [-0.25, -0.2) is 0 Å². The van der Waals surface area contributed by atoms with Gasteiger partial charge in [-0.05, 0) is 31.0 Å². The number of halogens is 3. The first-order valence-corrected chi connectivity index (χ1v) is 6.17. The number of ether oxygens (including phenoxy) is 1. The Morgan fingerprint density at radius 1 is 1.37 bits per heavy atom. The molecule has 6 heteroatoms. The largest absolute Gasteiger partial charge is 0.573 e. The molecule has 1 rings (SSSR count). The van der Waals surface area contributed by atoms with Crippen LogP contribution in [0.15, 0.2) is 24.3 Å². The standard InChI is InChI=1S/C13H19F3N2O/c1-3-9(2)18-12(8-17)10-5-4-6-11(7-10)19-13(14,15)16/h4-7,9,12,18H,3,8,17H2,1-2H3. The van der Waals surface area contributed by atoms with Gasteiger partial charge in [0.2, 0.25) is 0 Å². The van der Waals surface area contributed by atoms with Crippen LogP contribution in [0.5, 0.6) is 5.75 Å². The molecule has 0 radical (unpaired) electrons. The number of nitrogens with two attached hydrogens (primary N) is 1. The van der Waals surface area contributed by atoms with E-state index in [-0.39, 0.29) is 17.8 Å². The van der Waals surface area contributed by atoms with Gasteiger partial charge in [0, 0.05) is 18.6 Å². The van der Waals surface area contributed by atoms with E-state index >= 15 is 0 Å². The van der Waals surface area contributed by atoms with Crippen molar-refractivity contribution in [3.05, 3.63) is 29.8 Å². The molecule has 0 spiro atoms. The van der Waals surface area contributed by atoms with Crippen LogP contribution in [-0.4, -0.2) is 18.9 Å². The van der Waals surface area contributed by atoms with Crippen molar-refractivity contribution in [1.82, 2.24) is 5.32 Å². The highest BCUT2D eigenvalue weighted by molar-refractivity contribution is 5.31. The molecule has 2 atom stereocenters. The molecule has 1 aromatic rings. The lowest BCUT2D eigenvalue weighted by atomic mass is 10.1. The molecule has 3 N–H and O–H groups in total. The Morgan fingerprint density at radius 3 is 2.58 bits per heavy atom. The number of nitrogens with one attached hydrogen (secondary N) is 1. The van der Waals surface area contributed by atoms with Crippen molar-refractivity contribution in [2.45, 2.75) is 38.7 Å². The highest BCUT2D eigenvalue weighted by Gasteiger charge is 2.31. The van der Waals surface area contributed by atoms with Crippen LogP contribution in [0.25, 0.3) is 0 Å². The van der Waals surface area contributed by atoms with Crippen LogP contribution in [0, 0.1) is 0 Å². The fourth-order valence-corrected chi connectivity index (χ4v) is 1.69. The van der Waals surface area contributed by atoms with E-state index in [1.165, 1.54) is 18.2 Å². The summed E-state index contributed by atoms with van der Waals surface area (Å²) >= 11 is 0. The Kier molecular flexibility index (Phi) is 5.62. The molecule has 2 unspecified atom stereocenters. The van der Waals surface area contributed by atoms with E-state index in [2.05, 4.69) is 10.1 Å². The summed E-state index contributed by atoms with van der Waals surface area (Å²) in [4.78, 5) is 0. The summed E-state index contributed by atoms with van der Waals surface area (Å²) in [7, 11) is 0. The number of alkyl halides is 3. The van der Waals surface area contributed by atoms with E-state index < -0.39 is 6.36 Å². The summed E-state index contributed by atoms with van der Waals surface area (Å²) in [6.07, 6.45) is -3.77. The van der Waals surface area contributed by atoms with E-state index in [4.69, 9.17) is 5.73 Å². The number of hydrogen-bond donors (Lipinski definition) is 2. The lowest BCUT2D eigenvalue weighted by Gasteiger charge is -2.22. The van der Waals surface area contributed by atoms with Gasteiger partial charge in [0.15, 0.2) is 0 Å². The summed E-state index contributed by atoms with van der Waals surface area (Å²) in [5.41, 5.74) is 6.34. The maximum atomic E-state index is 12.2. The third-order valence-electron chi connectivity index (χ3n) is 2.83. The van der Waals surface area contributed by atoms with Gasteiger partial charge < -0.3 is 15.8 Å². The molecule has 19 heavy (non-hydrogen) atoms. The highest BCUT2D eigenvalue weighted by atomic mass is 19.4. The Balaban J connectivity index is 2.84. The lowest BCUT2D eigenvalue weighted by Crippen LogP contribution is -2.34. The monoisotopic (exact) mass is 276 g/mol. The van der Waals surface area contributed by atoms with Crippen molar-refractivity contribution < 1.29 is 17.9 Å². The summed E-state index contributed by atoms with van der Waals surface area (Å²) in [5, 5.41) is 3.26. The van der Waals surface area contributed by atoms with Crippen molar-refractivity contribution in [1.29, 1.82) is 0 Å². The van der Waals surface area contributed by atoms with Gasteiger partial charge in [0.25, 0.3) is 0 Å². The Hall–Kier alpha value is -1.27. The lowest BCUT2D eigenvalue weighted by molar-refractivity contribution is -0.274. The smallest absolute Gasteiger partial charge is 0.406 e. The molecule has 0 aliphatic rings. The number of hydrogen-bond acceptors (Lipinski definition) is 3. The van der Waals surface area contributed by atoms with Crippen molar-refractivity contribution in [3.63, 3.8) is 0 Å². The van der Waals surface area contributed by atoms with Gasteiger partial charge in [0.05, 0.1) is 0 Å². The molecule has 0 aromatic heterocycles. The third kappa shape index (κ3) is 5.48. The van der Waals surface area contributed by atoms with Gasteiger partial charge in [-0.1, -0.05) is 19.1 Å². The average molecular weight is 276 g/mol. The van der Waals surface area contributed by atoms with Crippen LogP contribution in [0.2, 0.25) is 0 Å². The molecule has 0 amide bonds. The van der Waals surface area contributed by atoms with Crippen molar-refractivity contribution in [2.75, 3.05) is 6.54 Å². The maximum absolute atomic E-state index is 12.2. The van der Waals surface area contributed by atoms with Crippen LogP contribution in [0.4, 0.5) is 13.2 Å². The molecule has 108 valence electrons. The summed E-state index contributed by atoms with van der Waals surface area (Å²) in [5.74, 6) is -0.227. The minimum absolute atomic E-state index is 0.188. The topological polar surface area (TPSA) is 47.3 Å². The van der Waals surface area contributed by atoms with Crippen LogP contribution in [0.1, 0.15) is 31.9 Å². The average Bonchev–Trinajstić information content (AvgIpc) is 2.33. The Labute approximate surface area is 110 Å². The molecule has 0 bridgehead atoms. The molecular formula is C13H19F3N2O. The minimum atomic E-state index is -4.68. The van der Waals surface area contributed by atoms with Gasteiger partial charge in [-0.15, -0.1) is 13.2 Å². The second-order valence-corrected chi connectivity index (χ2v) is 4.38. The molecule has 0 aliphatic carbocycles. The van der Waals surface area contributed by atoms with E-state index in [9.17, 15) is 13.2 Å². The number of benzene rings is 1. The van der Waals surface area contributed by atoms with E-state index in [0.717, 1.165) is 6.42 Å². The molecule has 1 aromatic carbocycles. The van der Waals surface area contributed by atoms with Crippen molar-refractivity contribution in [3.8, 4) is 5.75 Å². The zero-order valence-corrected chi connectivity index (χ0v) is 11.0. The molecule has 0 saturated carbocycles. The SMILES string of the molecule is CCC(C)NC(CN)c1cccc(OC(F)(F)F)c1. The predicted molar refractivity (Wildman–Crippen MR) is 67.8 cm³/mol. The zero-order chi connectivity index (χ0) is 14.5. The van der Waals surface area contributed by atoms with Crippen LogP contribution >= 0.6 is 0 Å². The van der Waals surface area contributed by atoms with E-state index in [1.807, 2.05) is 13.8 Å². The minimum Gasteiger partial charge on any atom is -0.406 e. The summed E-state index contributed by atoms with van der Waals surface area (Å²) < 4.78 is 40.4. The first-order chi connectivity index (χ1) is 8.85. The van der Waals surface area contributed by atoms with Crippen molar-refractivity contribution >= 4 is 0 Å². The van der Waals surface area contributed by atoms with Crippen LogP contribution in [0.3, 0.4) is 0 Å². The van der Waals surface area contributed by atoms with Crippen LogP contribution < -0.4 is 15.8 Å². The first kappa shape index (κ1) is 15.8. The third-order valence-corrected chi connectivity index (χ3v) is 2.83. The quantitative estimate of drug-likeness (QED) is 0.839. The molecule has 3 nitrogen and oxygen atoms in total. The normalized spacial score (nSPS) is 15.1. The molecule has 0 saturated heterocycles. The molecule has 0 heterocycles. The predicted octanol–water partition coefficient (Wildman–Crippen LogP) is 2.97. The summed E-state index contributed by atoms with van der Waals surface area (Å²) in [6.45, 7) is 4.33. The second kappa shape index (κ2) is 6.77. The molecule has 0 fully saturated rings. The van der Waals surface area contributed by atoms with Gasteiger partial charge in [0.1, 0.15) is 5.75 Å². The Morgan fingerprint density at radius 2 is 2.05 bits per heavy atom. The van der Waals surface area contributed by atoms with Crippen molar-refractivity contribution in [2.24, 2.45) is 5.73 Å². The molecule has 0 aliphatic heterocycles. The fourth-order valence-electron chi connectivity index (χ4n) is 1.69. The zero-order valence-electron chi connectivity index (χ0n) is 11.0. The molecular weight excluding hydrogens is 257 g/mol. The maximum Gasteiger partial charge on any atom is 0.573 e. The fraction of sp³-hybridized carbons (Fsp3) is 0.538. The van der Waals surface area contributed by atoms with Gasteiger partial charge in [-0.2, -0.15) is 0 Å². The Bertz CT molecular complexity index is 396. The summed E-state index contributed by atoms with van der Waals surface area (Å²) in [6, 6.07) is 5.94. The second-order valence-electron chi connectivity index (χ2n) is 4.38. The highest BCUT2D eigenvalue weighted by Crippen LogP contribution is 2.25. The van der Waals surface area contributed by atoms with E-state index in [0.29, 0.717) is 12.1 Å². The van der Waals surface area contributed by atoms with E-state index in [1.54, 1.807) is 6.07 Å². The van der Waals surface area contributed by atoms with Gasteiger partial charge >= 0.3 is 6.36 Å². The first-order valence-electron chi connectivity index (χ1n) is 6.17. The van der Waals surface area contributed by atoms with Crippen LogP contribution in [-0.2, 0) is 0 Å². The number of rotatable bonds is 6.